The molecule has 0 saturated carbocycles. The summed E-state index contributed by atoms with van der Waals surface area (Å²) in [4.78, 5) is 11.0. The third-order valence-electron chi connectivity index (χ3n) is 2.03. The average Bonchev–Trinajstić information content (AvgIpc) is 2.29. The highest BCUT2D eigenvalue weighted by Crippen LogP contribution is 2.42. The summed E-state index contributed by atoms with van der Waals surface area (Å²) in [5.74, 6) is -1.01. The largest absolute Gasteiger partial charge is 0.446 e. The molecule has 0 saturated heterocycles. The van der Waals surface area contributed by atoms with Gasteiger partial charge in [0.2, 0.25) is 0 Å². The van der Waals surface area contributed by atoms with Crippen molar-refractivity contribution >= 4 is 33.5 Å². The summed E-state index contributed by atoms with van der Waals surface area (Å²) in [5, 5.41) is 0.350. The first-order chi connectivity index (χ1) is 9.23. The summed E-state index contributed by atoms with van der Waals surface area (Å²) >= 11 is 2.43. The molecule has 1 rings (SSSR count). The Balaban J connectivity index is 3.10. The van der Waals surface area contributed by atoms with Crippen molar-refractivity contribution in [3.8, 4) is 5.75 Å². The molecule has 0 aliphatic heterocycles. The van der Waals surface area contributed by atoms with Crippen LogP contribution < -0.4 is 4.74 Å². The highest BCUT2D eigenvalue weighted by molar-refractivity contribution is 9.09. The van der Waals surface area contributed by atoms with Crippen LogP contribution in [0.3, 0.4) is 0 Å². The van der Waals surface area contributed by atoms with E-state index in [1.165, 1.54) is 0 Å². The monoisotopic (exact) mass is 378 g/mol. The van der Waals surface area contributed by atoms with Gasteiger partial charge in [0.15, 0.2) is 5.78 Å². The van der Waals surface area contributed by atoms with Crippen LogP contribution in [0.15, 0.2) is 23.1 Å². The normalized spacial score (nSPS) is 11.8. The Morgan fingerprint density at radius 1 is 1.35 bits per heavy atom. The molecule has 0 unspecified atom stereocenters. The zero-order valence-corrected chi connectivity index (χ0v) is 12.1. The maximum absolute atomic E-state index is 12.4. The quantitative estimate of drug-likeness (QED) is 0.305. The molecule has 9 heteroatoms. The molecule has 0 N–H and O–H groups in total. The van der Waals surface area contributed by atoms with Crippen LogP contribution in [0.4, 0.5) is 22.0 Å². The van der Waals surface area contributed by atoms with Crippen molar-refractivity contribution in [2.75, 3.05) is 5.33 Å². The molecule has 0 bridgehead atoms. The number of benzene rings is 1. The lowest BCUT2D eigenvalue weighted by Gasteiger charge is -2.13. The van der Waals surface area contributed by atoms with Crippen molar-refractivity contribution in [3.63, 3.8) is 0 Å². The fourth-order valence-electron chi connectivity index (χ4n) is 1.31. The fraction of sp³-hybridized carbons (Fsp3) is 0.364. The van der Waals surface area contributed by atoms with E-state index >= 15 is 0 Å². The van der Waals surface area contributed by atoms with Crippen molar-refractivity contribution in [2.45, 2.75) is 23.4 Å². The molecule has 1 aromatic rings. The second kappa shape index (κ2) is 7.26. The van der Waals surface area contributed by atoms with E-state index in [9.17, 15) is 26.7 Å². The Labute approximate surface area is 123 Å². The first-order valence-electron chi connectivity index (χ1n) is 5.16. The van der Waals surface area contributed by atoms with Crippen molar-refractivity contribution in [3.05, 3.63) is 23.8 Å². The van der Waals surface area contributed by atoms with Crippen molar-refractivity contribution in [1.82, 2.24) is 0 Å². The van der Waals surface area contributed by atoms with E-state index < -0.39 is 40.3 Å². The topological polar surface area (TPSA) is 26.3 Å². The van der Waals surface area contributed by atoms with Crippen molar-refractivity contribution < 1.29 is 31.5 Å². The van der Waals surface area contributed by atoms with Gasteiger partial charge in [0.05, 0.1) is 4.90 Å². The molecule has 0 fully saturated rings. The minimum Gasteiger partial charge on any atom is -0.434 e. The van der Waals surface area contributed by atoms with E-state index in [1.54, 1.807) is 0 Å². The second-order valence-electron chi connectivity index (χ2n) is 3.45. The predicted molar refractivity (Wildman–Crippen MR) is 67.7 cm³/mol. The van der Waals surface area contributed by atoms with Gasteiger partial charge >= 0.3 is 12.1 Å². The molecule has 1 aromatic carbocycles. The van der Waals surface area contributed by atoms with Crippen LogP contribution in [0, 0.1) is 0 Å². The summed E-state index contributed by atoms with van der Waals surface area (Å²) in [7, 11) is 0. The SMILES string of the molecule is O=C(CCBr)c1ccc(OC(F)F)c(SC(F)(F)F)c1. The highest BCUT2D eigenvalue weighted by atomic mass is 79.9. The molecule has 0 heterocycles. The summed E-state index contributed by atoms with van der Waals surface area (Å²) in [5.41, 5.74) is -4.66. The number of ketones is 1. The number of carbonyl (C=O) groups excluding carboxylic acids is 1. The first-order valence-corrected chi connectivity index (χ1v) is 7.10. The van der Waals surface area contributed by atoms with Crippen LogP contribution >= 0.6 is 27.7 Å². The van der Waals surface area contributed by atoms with E-state index in [1.807, 2.05) is 0 Å². The van der Waals surface area contributed by atoms with Crippen LogP contribution in [0.2, 0.25) is 0 Å². The number of alkyl halides is 6. The second-order valence-corrected chi connectivity index (χ2v) is 5.35. The number of hydrogen-bond donors (Lipinski definition) is 0. The van der Waals surface area contributed by atoms with Gasteiger partial charge in [-0.15, -0.1) is 0 Å². The number of Topliss-reactive ketones (excluding diaryl/α,β-unsaturated/α-hetero) is 1. The number of rotatable bonds is 6. The Morgan fingerprint density at radius 2 is 2.00 bits per heavy atom. The fourth-order valence-corrected chi connectivity index (χ4v) is 2.32. The van der Waals surface area contributed by atoms with E-state index in [2.05, 4.69) is 20.7 Å². The average molecular weight is 379 g/mol. The predicted octanol–water partition coefficient (Wildman–Crippen LogP) is 4.87. The number of ether oxygens (including phenoxy) is 1. The van der Waals surface area contributed by atoms with Gasteiger partial charge in [0.25, 0.3) is 0 Å². The van der Waals surface area contributed by atoms with E-state index in [0.29, 0.717) is 5.33 Å². The van der Waals surface area contributed by atoms with Crippen LogP contribution in [0.5, 0.6) is 5.75 Å². The van der Waals surface area contributed by atoms with E-state index in [-0.39, 0.29) is 12.0 Å². The number of carbonyl (C=O) groups is 1. The highest BCUT2D eigenvalue weighted by Gasteiger charge is 2.31. The van der Waals surface area contributed by atoms with E-state index in [0.717, 1.165) is 18.2 Å². The lowest BCUT2D eigenvalue weighted by Crippen LogP contribution is -2.07. The molecule has 0 amide bonds. The standard InChI is InChI=1S/C11H8BrF5O2S/c12-4-3-7(18)6-1-2-8(19-10(13)14)9(5-6)20-11(15,16)17/h1-2,5,10H,3-4H2. The molecule has 0 atom stereocenters. The molecule has 112 valence electrons. The van der Waals surface area contributed by atoms with Gasteiger partial charge in [-0.2, -0.15) is 22.0 Å². The maximum Gasteiger partial charge on any atom is 0.446 e. The van der Waals surface area contributed by atoms with Crippen molar-refractivity contribution in [1.29, 1.82) is 0 Å². The summed E-state index contributed by atoms with van der Waals surface area (Å²) in [6.07, 6.45) is 0.0885. The zero-order valence-electron chi connectivity index (χ0n) is 9.72. The minimum atomic E-state index is -4.67. The third kappa shape index (κ3) is 5.66. The van der Waals surface area contributed by atoms with Crippen LogP contribution in [-0.4, -0.2) is 23.2 Å². The Hall–Kier alpha value is -0.830. The van der Waals surface area contributed by atoms with Gasteiger partial charge in [-0.1, -0.05) is 15.9 Å². The Morgan fingerprint density at radius 3 is 2.50 bits per heavy atom. The minimum absolute atomic E-state index is 0.0119. The molecule has 0 radical (unpaired) electrons. The molecule has 0 aliphatic carbocycles. The summed E-state index contributed by atoms with van der Waals surface area (Å²) < 4.78 is 65.4. The Kier molecular flexibility index (Phi) is 6.25. The molecule has 2 nitrogen and oxygen atoms in total. The van der Waals surface area contributed by atoms with Gasteiger partial charge in [-0.25, -0.2) is 0 Å². The van der Waals surface area contributed by atoms with Gasteiger partial charge in [0, 0.05) is 17.3 Å². The summed E-state index contributed by atoms with van der Waals surface area (Å²) in [6.45, 7) is -3.24. The smallest absolute Gasteiger partial charge is 0.434 e. The van der Waals surface area contributed by atoms with Gasteiger partial charge in [0.1, 0.15) is 5.75 Å². The molecule has 0 spiro atoms. The lowest BCUT2D eigenvalue weighted by atomic mass is 10.1. The third-order valence-corrected chi connectivity index (χ3v) is 3.20. The lowest BCUT2D eigenvalue weighted by molar-refractivity contribution is -0.0527. The van der Waals surface area contributed by atoms with Gasteiger partial charge in [-0.05, 0) is 30.0 Å². The molecular weight excluding hydrogens is 371 g/mol. The van der Waals surface area contributed by atoms with Gasteiger partial charge in [-0.3, -0.25) is 4.79 Å². The maximum atomic E-state index is 12.4. The number of thioether (sulfide) groups is 1. The number of hydrogen-bond acceptors (Lipinski definition) is 3. The van der Waals surface area contributed by atoms with Crippen molar-refractivity contribution in [2.24, 2.45) is 0 Å². The summed E-state index contributed by atoms with van der Waals surface area (Å²) in [6, 6.07) is 2.99. The zero-order chi connectivity index (χ0) is 15.3. The first kappa shape index (κ1) is 17.2. The molecule has 0 aromatic heterocycles. The Bertz CT molecular complexity index is 478. The van der Waals surface area contributed by atoms with Crippen LogP contribution in [0.1, 0.15) is 16.8 Å². The molecule has 20 heavy (non-hydrogen) atoms. The van der Waals surface area contributed by atoms with Gasteiger partial charge < -0.3 is 4.74 Å². The number of halogens is 6. The van der Waals surface area contributed by atoms with E-state index in [4.69, 9.17) is 0 Å². The van der Waals surface area contributed by atoms with Crippen LogP contribution in [-0.2, 0) is 0 Å². The van der Waals surface area contributed by atoms with Crippen LogP contribution in [0.25, 0.3) is 0 Å². The molecular formula is C11H8BrF5O2S. The molecule has 0 aliphatic rings.